The third kappa shape index (κ3) is 2.84. The molecule has 98 valence electrons. The summed E-state index contributed by atoms with van der Waals surface area (Å²) in [6, 6.07) is 9.41. The van der Waals surface area contributed by atoms with E-state index >= 15 is 0 Å². The van der Waals surface area contributed by atoms with Crippen molar-refractivity contribution >= 4 is 21.7 Å². The first-order valence-corrected chi connectivity index (χ1v) is 6.46. The number of carbonyl (C=O) groups is 1. The lowest BCUT2D eigenvalue weighted by atomic mass is 10.0. The minimum Gasteiger partial charge on any atom is -0.496 e. The number of methoxy groups -OCH3 is 1. The van der Waals surface area contributed by atoms with E-state index in [1.165, 1.54) is 6.07 Å². The van der Waals surface area contributed by atoms with Crippen molar-refractivity contribution in [1.82, 2.24) is 0 Å². The van der Waals surface area contributed by atoms with Gasteiger partial charge in [-0.2, -0.15) is 0 Å². The van der Waals surface area contributed by atoms with Crippen LogP contribution >= 0.6 is 15.9 Å². The van der Waals surface area contributed by atoms with Gasteiger partial charge in [0.25, 0.3) is 0 Å². The fourth-order valence-electron chi connectivity index (χ4n) is 1.78. The minimum atomic E-state index is -0.512. The lowest BCUT2D eigenvalue weighted by Gasteiger charge is -2.07. The molecule has 2 aromatic rings. The second kappa shape index (κ2) is 5.53. The van der Waals surface area contributed by atoms with Gasteiger partial charge in [-0.3, -0.25) is 4.79 Å². The fourth-order valence-corrected chi connectivity index (χ4v) is 2.32. The maximum absolute atomic E-state index is 13.7. The highest BCUT2D eigenvalue weighted by Crippen LogP contribution is 2.27. The number of hydrogen-bond donors (Lipinski definition) is 0. The first kappa shape index (κ1) is 13.7. The second-order valence-corrected chi connectivity index (χ2v) is 5.02. The van der Waals surface area contributed by atoms with Crippen LogP contribution in [0.1, 0.15) is 21.5 Å². The standard InChI is InChI=1S/C15H12BrFO2/c1-9-3-5-13(17)11(7-9)15(18)10-4-6-14(19-2)12(16)8-10/h3-8H,1-2H3. The van der Waals surface area contributed by atoms with Crippen LogP contribution in [0.15, 0.2) is 40.9 Å². The molecule has 0 fully saturated rings. The molecule has 2 nitrogen and oxygen atoms in total. The van der Waals surface area contributed by atoms with Gasteiger partial charge in [0.15, 0.2) is 5.78 Å². The van der Waals surface area contributed by atoms with Crippen molar-refractivity contribution in [3.05, 3.63) is 63.4 Å². The molecule has 0 saturated heterocycles. The molecule has 0 atom stereocenters. The topological polar surface area (TPSA) is 26.3 Å². The summed E-state index contributed by atoms with van der Waals surface area (Å²) in [5.74, 6) is -0.228. The average Bonchev–Trinajstić information content (AvgIpc) is 2.40. The van der Waals surface area contributed by atoms with Crippen molar-refractivity contribution in [1.29, 1.82) is 0 Å². The zero-order valence-electron chi connectivity index (χ0n) is 10.5. The van der Waals surface area contributed by atoms with Crippen LogP contribution < -0.4 is 4.74 Å². The summed E-state index contributed by atoms with van der Waals surface area (Å²) in [7, 11) is 1.54. The van der Waals surface area contributed by atoms with Crippen molar-refractivity contribution in [2.45, 2.75) is 6.92 Å². The van der Waals surface area contributed by atoms with Crippen LogP contribution in [0.25, 0.3) is 0 Å². The Kier molecular flexibility index (Phi) is 4.00. The first-order chi connectivity index (χ1) is 9.02. The molecule has 0 N–H and O–H groups in total. The van der Waals surface area contributed by atoms with Gasteiger partial charge in [0.1, 0.15) is 11.6 Å². The average molecular weight is 323 g/mol. The second-order valence-electron chi connectivity index (χ2n) is 4.16. The molecule has 0 aliphatic heterocycles. The number of benzene rings is 2. The number of halogens is 2. The lowest BCUT2D eigenvalue weighted by molar-refractivity contribution is 0.103. The van der Waals surface area contributed by atoms with Gasteiger partial charge >= 0.3 is 0 Å². The molecule has 0 radical (unpaired) electrons. The van der Waals surface area contributed by atoms with Crippen LogP contribution in [0.4, 0.5) is 4.39 Å². The summed E-state index contributed by atoms with van der Waals surface area (Å²) in [5, 5.41) is 0. The highest BCUT2D eigenvalue weighted by molar-refractivity contribution is 9.10. The van der Waals surface area contributed by atoms with E-state index in [1.807, 2.05) is 6.92 Å². The molecule has 0 unspecified atom stereocenters. The quantitative estimate of drug-likeness (QED) is 0.794. The van der Waals surface area contributed by atoms with Crippen LogP contribution in [0.3, 0.4) is 0 Å². The lowest BCUT2D eigenvalue weighted by Crippen LogP contribution is -2.05. The first-order valence-electron chi connectivity index (χ1n) is 5.67. The molecular weight excluding hydrogens is 311 g/mol. The fraction of sp³-hybridized carbons (Fsp3) is 0.133. The van der Waals surface area contributed by atoms with Gasteiger partial charge in [0.05, 0.1) is 17.1 Å². The largest absolute Gasteiger partial charge is 0.496 e. The Morgan fingerprint density at radius 2 is 1.95 bits per heavy atom. The Morgan fingerprint density at radius 1 is 1.21 bits per heavy atom. The molecule has 0 amide bonds. The minimum absolute atomic E-state index is 0.0806. The van der Waals surface area contributed by atoms with Crippen molar-refractivity contribution < 1.29 is 13.9 Å². The van der Waals surface area contributed by atoms with Crippen LogP contribution in [0.2, 0.25) is 0 Å². The predicted octanol–water partition coefficient (Wildman–Crippen LogP) is 4.14. The number of ether oxygens (including phenoxy) is 1. The Labute approximate surface area is 119 Å². The number of rotatable bonds is 3. The molecule has 19 heavy (non-hydrogen) atoms. The summed E-state index contributed by atoms with van der Waals surface area (Å²) in [5.41, 5.74) is 1.34. The highest BCUT2D eigenvalue weighted by atomic mass is 79.9. The molecule has 0 aliphatic carbocycles. The molecule has 2 aromatic carbocycles. The molecule has 0 spiro atoms. The van der Waals surface area contributed by atoms with E-state index in [1.54, 1.807) is 37.4 Å². The molecular formula is C15H12BrFO2. The van der Waals surface area contributed by atoms with Crippen molar-refractivity contribution in [2.75, 3.05) is 7.11 Å². The van der Waals surface area contributed by atoms with Crippen LogP contribution in [-0.4, -0.2) is 12.9 Å². The van der Waals surface area contributed by atoms with E-state index in [0.717, 1.165) is 5.56 Å². The number of carbonyl (C=O) groups excluding carboxylic acids is 1. The third-order valence-corrected chi connectivity index (χ3v) is 3.40. The molecule has 4 heteroatoms. The monoisotopic (exact) mass is 322 g/mol. The summed E-state index contributed by atoms with van der Waals surface area (Å²) in [4.78, 5) is 12.3. The van der Waals surface area contributed by atoms with Crippen molar-refractivity contribution in [2.24, 2.45) is 0 Å². The summed E-state index contributed by atoms with van der Waals surface area (Å²) in [6.07, 6.45) is 0. The summed E-state index contributed by atoms with van der Waals surface area (Å²) >= 11 is 3.31. The molecule has 0 aromatic heterocycles. The van der Waals surface area contributed by atoms with Gasteiger partial charge in [0.2, 0.25) is 0 Å². The van der Waals surface area contributed by atoms with Crippen LogP contribution in [-0.2, 0) is 0 Å². The van der Waals surface area contributed by atoms with Gasteiger partial charge in [-0.1, -0.05) is 11.6 Å². The zero-order chi connectivity index (χ0) is 14.0. The Hall–Kier alpha value is -1.68. The van der Waals surface area contributed by atoms with Gasteiger partial charge in [-0.15, -0.1) is 0 Å². The van der Waals surface area contributed by atoms with Gasteiger partial charge in [0, 0.05) is 5.56 Å². The van der Waals surface area contributed by atoms with E-state index in [4.69, 9.17) is 4.74 Å². The van der Waals surface area contributed by atoms with Crippen molar-refractivity contribution in [3.8, 4) is 5.75 Å². The van der Waals surface area contributed by atoms with Crippen LogP contribution in [0, 0.1) is 12.7 Å². The van der Waals surface area contributed by atoms with Gasteiger partial charge < -0.3 is 4.74 Å². The maximum Gasteiger partial charge on any atom is 0.196 e. The zero-order valence-corrected chi connectivity index (χ0v) is 12.1. The van der Waals surface area contributed by atoms with Gasteiger partial charge in [-0.05, 0) is 53.2 Å². The molecule has 0 heterocycles. The van der Waals surface area contributed by atoms with Crippen LogP contribution in [0.5, 0.6) is 5.75 Å². The van der Waals surface area contributed by atoms with E-state index in [9.17, 15) is 9.18 Å². The van der Waals surface area contributed by atoms with E-state index in [-0.39, 0.29) is 11.3 Å². The highest BCUT2D eigenvalue weighted by Gasteiger charge is 2.15. The van der Waals surface area contributed by atoms with E-state index in [2.05, 4.69) is 15.9 Å². The third-order valence-electron chi connectivity index (χ3n) is 2.78. The maximum atomic E-state index is 13.7. The summed E-state index contributed by atoms with van der Waals surface area (Å²) < 4.78 is 19.5. The summed E-state index contributed by atoms with van der Waals surface area (Å²) in [6.45, 7) is 1.82. The number of hydrogen-bond acceptors (Lipinski definition) is 2. The SMILES string of the molecule is COc1ccc(C(=O)c2cc(C)ccc2F)cc1Br. The smallest absolute Gasteiger partial charge is 0.196 e. The normalized spacial score (nSPS) is 10.3. The Balaban J connectivity index is 2.44. The number of aryl methyl sites for hydroxylation is 1. The number of ketones is 1. The molecule has 0 aliphatic rings. The molecule has 0 bridgehead atoms. The van der Waals surface area contributed by atoms with Crippen molar-refractivity contribution in [3.63, 3.8) is 0 Å². The van der Waals surface area contributed by atoms with E-state index < -0.39 is 5.82 Å². The van der Waals surface area contributed by atoms with E-state index in [0.29, 0.717) is 15.8 Å². The molecule has 0 saturated carbocycles. The Bertz CT molecular complexity index is 638. The predicted molar refractivity (Wildman–Crippen MR) is 75.3 cm³/mol. The Morgan fingerprint density at radius 3 is 2.58 bits per heavy atom. The molecule has 2 rings (SSSR count). The van der Waals surface area contributed by atoms with Gasteiger partial charge in [-0.25, -0.2) is 4.39 Å².